The lowest BCUT2D eigenvalue weighted by Crippen LogP contribution is -2.08. The van der Waals surface area contributed by atoms with Crippen molar-refractivity contribution in [2.24, 2.45) is 0 Å². The molecule has 0 radical (unpaired) electrons. The summed E-state index contributed by atoms with van der Waals surface area (Å²) in [5.74, 6) is -2.06. The average molecular weight is 340 g/mol. The van der Waals surface area contributed by atoms with Gasteiger partial charge >= 0.3 is 0 Å². The zero-order chi connectivity index (χ0) is 18.0. The summed E-state index contributed by atoms with van der Waals surface area (Å²) in [6.45, 7) is 0. The van der Waals surface area contributed by atoms with Crippen molar-refractivity contribution in [3.05, 3.63) is 77.5 Å². The maximum Gasteiger partial charge on any atom is 0.195 e. The van der Waals surface area contributed by atoms with E-state index in [0.717, 1.165) is 12.1 Å². The standard InChI is InChI=1S/C19H14F2N2O2/c1-25-12-9-14(20)16(15(21)10-12)18-17(22)13(7-8-23-18)19(24)11-5-3-2-4-6-11/h2-10H,22H2,1H3. The van der Waals surface area contributed by atoms with Crippen molar-refractivity contribution in [3.63, 3.8) is 0 Å². The number of methoxy groups -OCH3 is 1. The number of rotatable bonds is 4. The van der Waals surface area contributed by atoms with Crippen LogP contribution in [0.3, 0.4) is 0 Å². The number of hydrogen-bond acceptors (Lipinski definition) is 4. The number of carbonyl (C=O) groups is 1. The normalized spacial score (nSPS) is 10.5. The predicted octanol–water partition coefficient (Wildman–Crippen LogP) is 3.85. The number of hydrogen-bond donors (Lipinski definition) is 1. The van der Waals surface area contributed by atoms with E-state index in [2.05, 4.69) is 4.98 Å². The first-order valence-electron chi connectivity index (χ1n) is 7.40. The SMILES string of the molecule is COc1cc(F)c(-c2nccc(C(=O)c3ccccc3)c2N)c(F)c1. The average Bonchev–Trinajstić information content (AvgIpc) is 2.62. The van der Waals surface area contributed by atoms with E-state index in [1.54, 1.807) is 30.3 Å². The Morgan fingerprint density at radius 1 is 1.08 bits per heavy atom. The fourth-order valence-electron chi connectivity index (χ4n) is 2.51. The van der Waals surface area contributed by atoms with Crippen LogP contribution in [0.25, 0.3) is 11.3 Å². The van der Waals surface area contributed by atoms with Crippen LogP contribution in [0.15, 0.2) is 54.7 Å². The monoisotopic (exact) mass is 340 g/mol. The molecule has 0 saturated carbocycles. The fraction of sp³-hybridized carbons (Fsp3) is 0.0526. The van der Waals surface area contributed by atoms with Crippen molar-refractivity contribution in [1.29, 1.82) is 0 Å². The predicted molar refractivity (Wildman–Crippen MR) is 90.4 cm³/mol. The second kappa shape index (κ2) is 6.68. The minimum absolute atomic E-state index is 0.0360. The van der Waals surface area contributed by atoms with Crippen molar-refractivity contribution < 1.29 is 18.3 Å². The van der Waals surface area contributed by atoms with Crippen molar-refractivity contribution in [2.45, 2.75) is 0 Å². The molecule has 0 unspecified atom stereocenters. The van der Waals surface area contributed by atoms with Crippen LogP contribution in [0.1, 0.15) is 15.9 Å². The van der Waals surface area contributed by atoms with Gasteiger partial charge in [0.1, 0.15) is 17.4 Å². The molecule has 0 saturated heterocycles. The number of ketones is 1. The van der Waals surface area contributed by atoms with Gasteiger partial charge in [-0.15, -0.1) is 0 Å². The van der Waals surface area contributed by atoms with Gasteiger partial charge < -0.3 is 10.5 Å². The van der Waals surface area contributed by atoms with Gasteiger partial charge in [-0.1, -0.05) is 30.3 Å². The first kappa shape index (κ1) is 16.6. The minimum Gasteiger partial charge on any atom is -0.497 e. The lowest BCUT2D eigenvalue weighted by molar-refractivity contribution is 0.103. The van der Waals surface area contributed by atoms with Gasteiger partial charge in [0.15, 0.2) is 5.78 Å². The number of nitrogens with two attached hydrogens (primary N) is 1. The molecule has 4 nitrogen and oxygen atoms in total. The number of halogens is 2. The number of nitrogens with zero attached hydrogens (tertiary/aromatic N) is 1. The highest BCUT2D eigenvalue weighted by molar-refractivity contribution is 6.13. The Balaban J connectivity index is 2.13. The Morgan fingerprint density at radius 2 is 1.72 bits per heavy atom. The second-order valence-electron chi connectivity index (χ2n) is 5.28. The molecule has 0 amide bonds. The van der Waals surface area contributed by atoms with Crippen molar-refractivity contribution in [1.82, 2.24) is 4.98 Å². The molecule has 0 fully saturated rings. The summed E-state index contributed by atoms with van der Waals surface area (Å²) in [6.07, 6.45) is 1.30. The van der Waals surface area contributed by atoms with Crippen LogP contribution in [-0.2, 0) is 0 Å². The number of nitrogen functional groups attached to an aromatic ring is 1. The summed E-state index contributed by atoms with van der Waals surface area (Å²) in [6, 6.07) is 12.0. The first-order valence-corrected chi connectivity index (χ1v) is 7.40. The van der Waals surface area contributed by atoms with Gasteiger partial charge in [-0.05, 0) is 6.07 Å². The second-order valence-corrected chi connectivity index (χ2v) is 5.28. The van der Waals surface area contributed by atoms with Crippen molar-refractivity contribution in [3.8, 4) is 17.0 Å². The van der Waals surface area contributed by atoms with E-state index in [-0.39, 0.29) is 28.5 Å². The quantitative estimate of drug-likeness (QED) is 0.733. The van der Waals surface area contributed by atoms with Crippen LogP contribution in [0, 0.1) is 11.6 Å². The van der Waals surface area contributed by atoms with Crippen LogP contribution in [-0.4, -0.2) is 17.9 Å². The molecular formula is C19H14F2N2O2. The Kier molecular flexibility index (Phi) is 4.43. The smallest absolute Gasteiger partial charge is 0.195 e. The zero-order valence-corrected chi connectivity index (χ0v) is 13.3. The van der Waals surface area contributed by atoms with E-state index in [0.29, 0.717) is 5.56 Å². The third kappa shape index (κ3) is 3.06. The molecule has 25 heavy (non-hydrogen) atoms. The molecule has 3 rings (SSSR count). The molecule has 0 atom stereocenters. The highest BCUT2D eigenvalue weighted by atomic mass is 19.1. The molecule has 2 aromatic carbocycles. The summed E-state index contributed by atoms with van der Waals surface area (Å²) in [7, 11) is 1.31. The molecule has 0 spiro atoms. The van der Waals surface area contributed by atoms with E-state index >= 15 is 0 Å². The maximum atomic E-state index is 14.3. The van der Waals surface area contributed by atoms with Crippen molar-refractivity contribution in [2.75, 3.05) is 12.8 Å². The lowest BCUT2D eigenvalue weighted by Gasteiger charge is -2.12. The van der Waals surface area contributed by atoms with Crippen molar-refractivity contribution >= 4 is 11.5 Å². The van der Waals surface area contributed by atoms with Crippen LogP contribution in [0.4, 0.5) is 14.5 Å². The molecule has 0 aliphatic heterocycles. The van der Waals surface area contributed by atoms with E-state index in [1.165, 1.54) is 19.4 Å². The van der Waals surface area contributed by atoms with Crippen LogP contribution in [0.5, 0.6) is 5.75 Å². The molecule has 0 aliphatic carbocycles. The summed E-state index contributed by atoms with van der Waals surface area (Å²) in [4.78, 5) is 16.6. The summed E-state index contributed by atoms with van der Waals surface area (Å²) < 4.78 is 33.5. The van der Waals surface area contributed by atoms with Crippen LogP contribution >= 0.6 is 0 Å². The molecule has 3 aromatic rings. The highest BCUT2D eigenvalue weighted by Gasteiger charge is 2.21. The number of pyridine rings is 1. The Morgan fingerprint density at radius 3 is 2.32 bits per heavy atom. The largest absolute Gasteiger partial charge is 0.497 e. The highest BCUT2D eigenvalue weighted by Crippen LogP contribution is 2.33. The lowest BCUT2D eigenvalue weighted by atomic mass is 9.99. The van der Waals surface area contributed by atoms with E-state index < -0.39 is 17.2 Å². The number of carbonyl (C=O) groups excluding carboxylic acids is 1. The molecule has 6 heteroatoms. The van der Waals surface area contributed by atoms with Gasteiger partial charge in [0, 0.05) is 29.5 Å². The van der Waals surface area contributed by atoms with Crippen LogP contribution in [0.2, 0.25) is 0 Å². The molecule has 1 aromatic heterocycles. The van der Waals surface area contributed by atoms with Gasteiger partial charge in [-0.3, -0.25) is 9.78 Å². The van der Waals surface area contributed by atoms with Gasteiger partial charge in [-0.25, -0.2) is 8.78 Å². The molecule has 0 bridgehead atoms. The van der Waals surface area contributed by atoms with E-state index in [4.69, 9.17) is 10.5 Å². The Hall–Kier alpha value is -3.28. The molecule has 0 aliphatic rings. The van der Waals surface area contributed by atoms with E-state index in [9.17, 15) is 13.6 Å². The summed E-state index contributed by atoms with van der Waals surface area (Å²) in [5.41, 5.74) is 5.95. The molecule has 2 N–H and O–H groups in total. The van der Waals surface area contributed by atoms with Gasteiger partial charge in [-0.2, -0.15) is 0 Å². The summed E-state index contributed by atoms with van der Waals surface area (Å²) >= 11 is 0. The fourth-order valence-corrected chi connectivity index (χ4v) is 2.51. The van der Waals surface area contributed by atoms with E-state index in [1.807, 2.05) is 0 Å². The maximum absolute atomic E-state index is 14.3. The topological polar surface area (TPSA) is 65.2 Å². The molecule has 126 valence electrons. The number of ether oxygens (including phenoxy) is 1. The number of benzene rings is 2. The number of aromatic nitrogens is 1. The first-order chi connectivity index (χ1) is 12.0. The zero-order valence-electron chi connectivity index (χ0n) is 13.3. The molecule has 1 heterocycles. The van der Waals surface area contributed by atoms with Gasteiger partial charge in [0.25, 0.3) is 0 Å². The number of anilines is 1. The Bertz CT molecular complexity index is 920. The third-order valence-electron chi connectivity index (χ3n) is 3.76. The Labute approximate surface area is 142 Å². The van der Waals surface area contributed by atoms with Gasteiger partial charge in [0.2, 0.25) is 0 Å². The van der Waals surface area contributed by atoms with Gasteiger partial charge in [0.05, 0.1) is 24.1 Å². The summed E-state index contributed by atoms with van der Waals surface area (Å²) in [5, 5.41) is 0. The minimum atomic E-state index is -0.875. The third-order valence-corrected chi connectivity index (χ3v) is 3.76. The molecular weight excluding hydrogens is 326 g/mol. The van der Waals surface area contributed by atoms with Crippen LogP contribution < -0.4 is 10.5 Å².